The molecule has 0 aliphatic heterocycles. The summed E-state index contributed by atoms with van der Waals surface area (Å²) in [6.45, 7) is 9.67. The van der Waals surface area contributed by atoms with Crippen molar-refractivity contribution in [3.8, 4) is 0 Å². The minimum atomic E-state index is -0.333. The van der Waals surface area contributed by atoms with E-state index in [9.17, 15) is 9.59 Å². The van der Waals surface area contributed by atoms with Crippen LogP contribution in [-0.4, -0.2) is 25.2 Å². The average Bonchev–Trinajstić information content (AvgIpc) is 2.46. The molecule has 0 saturated carbocycles. The zero-order valence-electron chi connectivity index (χ0n) is 12.0. The molecule has 0 radical (unpaired) electrons. The van der Waals surface area contributed by atoms with E-state index >= 15 is 0 Å². The summed E-state index contributed by atoms with van der Waals surface area (Å²) in [6, 6.07) is 4.60. The molecule has 1 aromatic carbocycles. The minimum absolute atomic E-state index is 0.328. The van der Waals surface area contributed by atoms with Gasteiger partial charge in [0, 0.05) is 24.5 Å². The average molecular weight is 288 g/mol. The van der Waals surface area contributed by atoms with Gasteiger partial charge in [0.25, 0.3) is 0 Å². The van der Waals surface area contributed by atoms with Crippen LogP contribution in [0, 0.1) is 6.92 Å². The molecular formula is C15H20N4O2. The number of aryl methyl sites for hydroxylation is 1. The van der Waals surface area contributed by atoms with Crippen LogP contribution in [0.15, 0.2) is 43.5 Å². The van der Waals surface area contributed by atoms with Crippen molar-refractivity contribution in [1.82, 2.24) is 10.6 Å². The van der Waals surface area contributed by atoms with E-state index in [-0.39, 0.29) is 12.1 Å². The second kappa shape index (κ2) is 8.42. The van der Waals surface area contributed by atoms with Gasteiger partial charge in [-0.2, -0.15) is 0 Å². The molecule has 1 rings (SSSR count). The molecule has 0 atom stereocenters. The summed E-state index contributed by atoms with van der Waals surface area (Å²) in [5, 5.41) is 10.6. The molecule has 1 aromatic rings. The highest BCUT2D eigenvalue weighted by molar-refractivity contribution is 5.93. The van der Waals surface area contributed by atoms with Gasteiger partial charge in [-0.25, -0.2) is 9.59 Å². The molecule has 4 amide bonds. The number of hydrogen-bond acceptors (Lipinski definition) is 2. The predicted molar refractivity (Wildman–Crippen MR) is 85.6 cm³/mol. The van der Waals surface area contributed by atoms with Crippen molar-refractivity contribution >= 4 is 23.4 Å². The summed E-state index contributed by atoms with van der Waals surface area (Å²) < 4.78 is 0. The normalized spacial score (nSPS) is 9.38. The highest BCUT2D eigenvalue weighted by Crippen LogP contribution is 2.20. The van der Waals surface area contributed by atoms with Crippen LogP contribution in [0.1, 0.15) is 5.56 Å². The Hall–Kier alpha value is -2.76. The van der Waals surface area contributed by atoms with E-state index in [1.807, 2.05) is 13.0 Å². The Labute approximate surface area is 124 Å². The van der Waals surface area contributed by atoms with Gasteiger partial charge in [0.1, 0.15) is 0 Å². The first-order chi connectivity index (χ1) is 10.1. The molecule has 4 N–H and O–H groups in total. The Morgan fingerprint density at radius 3 is 2.19 bits per heavy atom. The lowest BCUT2D eigenvalue weighted by Crippen LogP contribution is -2.29. The van der Waals surface area contributed by atoms with Crippen molar-refractivity contribution in [2.75, 3.05) is 23.7 Å². The molecule has 0 saturated heterocycles. The third-order valence-electron chi connectivity index (χ3n) is 2.56. The molecule has 0 unspecified atom stereocenters. The largest absolute Gasteiger partial charge is 0.334 e. The fourth-order valence-corrected chi connectivity index (χ4v) is 1.51. The number of carbonyl (C=O) groups excluding carboxylic acids is 2. The first-order valence-electron chi connectivity index (χ1n) is 6.49. The van der Waals surface area contributed by atoms with Crippen molar-refractivity contribution in [3.05, 3.63) is 49.1 Å². The fraction of sp³-hybridized carbons (Fsp3) is 0.200. The van der Waals surface area contributed by atoms with Crippen LogP contribution in [0.2, 0.25) is 0 Å². The Morgan fingerprint density at radius 2 is 1.62 bits per heavy atom. The summed E-state index contributed by atoms with van der Waals surface area (Å²) in [6.07, 6.45) is 3.18. The number of benzene rings is 1. The molecule has 0 aliphatic carbocycles. The van der Waals surface area contributed by atoms with E-state index in [4.69, 9.17) is 0 Å². The maximum Gasteiger partial charge on any atom is 0.319 e. The van der Waals surface area contributed by atoms with E-state index in [1.165, 1.54) is 0 Å². The Balaban J connectivity index is 2.70. The molecule has 21 heavy (non-hydrogen) atoms. The van der Waals surface area contributed by atoms with E-state index in [1.54, 1.807) is 24.3 Å². The van der Waals surface area contributed by atoms with Crippen molar-refractivity contribution in [2.45, 2.75) is 6.92 Å². The Morgan fingerprint density at radius 1 is 1.05 bits per heavy atom. The number of rotatable bonds is 6. The first-order valence-corrected chi connectivity index (χ1v) is 6.49. The van der Waals surface area contributed by atoms with Crippen molar-refractivity contribution in [3.63, 3.8) is 0 Å². The fourth-order valence-electron chi connectivity index (χ4n) is 1.51. The number of amides is 4. The molecule has 0 aromatic heterocycles. The highest BCUT2D eigenvalue weighted by atomic mass is 16.2. The summed E-state index contributed by atoms with van der Waals surface area (Å²) >= 11 is 0. The van der Waals surface area contributed by atoms with Crippen molar-refractivity contribution < 1.29 is 9.59 Å². The minimum Gasteiger partial charge on any atom is -0.334 e. The third kappa shape index (κ3) is 5.82. The summed E-state index contributed by atoms with van der Waals surface area (Å²) in [7, 11) is 0. The number of urea groups is 2. The maximum atomic E-state index is 11.6. The van der Waals surface area contributed by atoms with Gasteiger partial charge in [-0.3, -0.25) is 0 Å². The van der Waals surface area contributed by atoms with Gasteiger partial charge < -0.3 is 21.3 Å². The van der Waals surface area contributed by atoms with Crippen molar-refractivity contribution in [1.29, 1.82) is 0 Å². The lowest BCUT2D eigenvalue weighted by Gasteiger charge is -2.12. The van der Waals surface area contributed by atoms with E-state index in [0.717, 1.165) is 5.56 Å². The SMILES string of the molecule is C=CCNC(=O)Nc1ccc(C)c(NC(=O)NCC=C)c1. The van der Waals surface area contributed by atoms with Gasteiger partial charge in [0.2, 0.25) is 0 Å². The van der Waals surface area contributed by atoms with Gasteiger partial charge in [0.15, 0.2) is 0 Å². The zero-order valence-corrected chi connectivity index (χ0v) is 12.0. The Kier molecular flexibility index (Phi) is 6.53. The summed E-state index contributed by atoms with van der Waals surface area (Å²) in [5.41, 5.74) is 2.10. The monoisotopic (exact) mass is 288 g/mol. The molecular weight excluding hydrogens is 268 g/mol. The molecule has 0 fully saturated rings. The van der Waals surface area contributed by atoms with Crippen LogP contribution in [0.25, 0.3) is 0 Å². The topological polar surface area (TPSA) is 82.3 Å². The molecule has 0 heterocycles. The van der Waals surface area contributed by atoms with Gasteiger partial charge >= 0.3 is 12.1 Å². The second-order valence-electron chi connectivity index (χ2n) is 4.28. The van der Waals surface area contributed by atoms with Crippen LogP contribution >= 0.6 is 0 Å². The standard InChI is InChI=1S/C15H20N4O2/c1-4-8-16-14(20)18-12-7-6-11(3)13(10-12)19-15(21)17-9-5-2/h4-7,10H,1-2,8-9H2,3H3,(H2,16,18,20)(H2,17,19,21). The van der Waals surface area contributed by atoms with Gasteiger partial charge in [-0.1, -0.05) is 18.2 Å². The zero-order chi connectivity index (χ0) is 15.7. The molecule has 6 heteroatoms. The number of hydrogen-bond donors (Lipinski definition) is 4. The first kappa shape index (κ1) is 16.3. The second-order valence-corrected chi connectivity index (χ2v) is 4.28. The van der Waals surface area contributed by atoms with E-state index in [2.05, 4.69) is 34.4 Å². The third-order valence-corrected chi connectivity index (χ3v) is 2.56. The smallest absolute Gasteiger partial charge is 0.319 e. The summed E-state index contributed by atoms with van der Waals surface area (Å²) in [4.78, 5) is 23.2. The number of nitrogens with one attached hydrogen (secondary N) is 4. The van der Waals surface area contributed by atoms with Crippen molar-refractivity contribution in [2.24, 2.45) is 0 Å². The quantitative estimate of drug-likeness (QED) is 0.607. The van der Waals surface area contributed by atoms with Crippen LogP contribution in [0.3, 0.4) is 0 Å². The van der Waals surface area contributed by atoms with Gasteiger partial charge in [0.05, 0.1) is 0 Å². The molecule has 0 spiro atoms. The van der Waals surface area contributed by atoms with Crippen LogP contribution in [0.5, 0.6) is 0 Å². The lowest BCUT2D eigenvalue weighted by atomic mass is 10.2. The molecule has 0 bridgehead atoms. The predicted octanol–water partition coefficient (Wildman–Crippen LogP) is 2.61. The van der Waals surface area contributed by atoms with Gasteiger partial charge in [-0.05, 0) is 24.6 Å². The van der Waals surface area contributed by atoms with E-state index < -0.39 is 0 Å². The summed E-state index contributed by atoms with van der Waals surface area (Å²) in [5.74, 6) is 0. The molecule has 6 nitrogen and oxygen atoms in total. The van der Waals surface area contributed by atoms with Crippen LogP contribution in [0.4, 0.5) is 21.0 Å². The Bertz CT molecular complexity index is 540. The van der Waals surface area contributed by atoms with Gasteiger partial charge in [-0.15, -0.1) is 13.2 Å². The maximum absolute atomic E-state index is 11.6. The molecule has 0 aliphatic rings. The van der Waals surface area contributed by atoms with Crippen LogP contribution in [-0.2, 0) is 0 Å². The number of anilines is 2. The van der Waals surface area contributed by atoms with E-state index in [0.29, 0.717) is 24.5 Å². The number of carbonyl (C=O) groups is 2. The van der Waals surface area contributed by atoms with Crippen LogP contribution < -0.4 is 21.3 Å². The molecule has 112 valence electrons. The highest BCUT2D eigenvalue weighted by Gasteiger charge is 2.06. The lowest BCUT2D eigenvalue weighted by molar-refractivity contribution is 0.252.